The third kappa shape index (κ3) is 3.46. The number of anilines is 1. The van der Waals surface area contributed by atoms with Gasteiger partial charge in [-0.2, -0.15) is 0 Å². The van der Waals surface area contributed by atoms with E-state index in [0.717, 1.165) is 43.5 Å². The number of hydrogen-bond donors (Lipinski definition) is 1. The molecule has 2 heterocycles. The molecule has 1 aliphatic carbocycles. The number of aromatic nitrogens is 3. The molecule has 0 atom stereocenters. The average molecular weight is 315 g/mol. The summed E-state index contributed by atoms with van der Waals surface area (Å²) >= 11 is 0. The molecule has 0 amide bonds. The predicted octanol–water partition coefficient (Wildman–Crippen LogP) is 3.08. The zero-order valence-electron chi connectivity index (χ0n) is 14.0. The molecule has 0 bridgehead atoms. The number of aryl methyl sites for hydroxylation is 3. The molecule has 2 N–H and O–H groups in total. The van der Waals surface area contributed by atoms with E-state index in [1.54, 1.807) is 0 Å². The SMILES string of the molecule is CC(C)=NOCCCCn1cnc2c(N)nc3c(c21)CCCC3. The molecule has 1 aliphatic rings. The van der Waals surface area contributed by atoms with E-state index in [1.807, 2.05) is 20.2 Å². The van der Waals surface area contributed by atoms with Crippen LogP contribution >= 0.6 is 0 Å². The Balaban J connectivity index is 1.72. The van der Waals surface area contributed by atoms with Crippen LogP contribution in [0, 0.1) is 0 Å². The third-order valence-corrected chi connectivity index (χ3v) is 4.19. The number of nitrogens with two attached hydrogens (primary N) is 1. The number of nitrogens with zero attached hydrogens (tertiary/aromatic N) is 4. The molecule has 0 spiro atoms. The Labute approximate surface area is 136 Å². The molecular formula is C17H25N5O. The van der Waals surface area contributed by atoms with Gasteiger partial charge in [-0.3, -0.25) is 0 Å². The van der Waals surface area contributed by atoms with E-state index in [1.165, 1.54) is 29.6 Å². The van der Waals surface area contributed by atoms with Gasteiger partial charge in [0.2, 0.25) is 0 Å². The van der Waals surface area contributed by atoms with Crippen molar-refractivity contribution in [1.29, 1.82) is 0 Å². The van der Waals surface area contributed by atoms with Crippen LogP contribution in [0.4, 0.5) is 5.82 Å². The zero-order valence-corrected chi connectivity index (χ0v) is 14.0. The maximum Gasteiger partial charge on any atom is 0.151 e. The normalized spacial score (nSPS) is 13.8. The van der Waals surface area contributed by atoms with Gasteiger partial charge in [0.25, 0.3) is 0 Å². The van der Waals surface area contributed by atoms with Crippen molar-refractivity contribution in [3.63, 3.8) is 0 Å². The van der Waals surface area contributed by atoms with Crippen molar-refractivity contribution in [3.8, 4) is 0 Å². The van der Waals surface area contributed by atoms with E-state index in [2.05, 4.69) is 19.7 Å². The van der Waals surface area contributed by atoms with Crippen LogP contribution in [-0.2, 0) is 24.2 Å². The second-order valence-electron chi connectivity index (χ2n) is 6.34. The standard InChI is InChI=1S/C17H25N5O/c1-12(2)21-23-10-6-5-9-22-11-19-15-16(22)13-7-3-4-8-14(13)20-17(15)18/h11H,3-10H2,1-2H3,(H2,18,20). The first-order valence-corrected chi connectivity index (χ1v) is 8.42. The van der Waals surface area contributed by atoms with Gasteiger partial charge in [-0.15, -0.1) is 0 Å². The number of oxime groups is 1. The van der Waals surface area contributed by atoms with Gasteiger partial charge in [0, 0.05) is 12.2 Å². The predicted molar refractivity (Wildman–Crippen MR) is 92.6 cm³/mol. The lowest BCUT2D eigenvalue weighted by Gasteiger charge is -2.17. The molecule has 23 heavy (non-hydrogen) atoms. The number of fused-ring (bicyclic) bond motifs is 3. The van der Waals surface area contributed by atoms with E-state index >= 15 is 0 Å². The molecule has 2 aromatic rings. The van der Waals surface area contributed by atoms with Crippen LogP contribution in [0.15, 0.2) is 11.5 Å². The minimum atomic E-state index is 0.565. The van der Waals surface area contributed by atoms with Crippen molar-refractivity contribution >= 4 is 22.6 Å². The fourth-order valence-electron chi connectivity index (χ4n) is 3.15. The molecule has 0 aliphatic heterocycles. The second-order valence-corrected chi connectivity index (χ2v) is 6.34. The second kappa shape index (κ2) is 6.98. The number of unbranched alkanes of at least 4 members (excludes halogenated alkanes) is 1. The van der Waals surface area contributed by atoms with Crippen LogP contribution in [0.5, 0.6) is 0 Å². The van der Waals surface area contributed by atoms with Gasteiger partial charge in [0.15, 0.2) is 5.82 Å². The van der Waals surface area contributed by atoms with Crippen molar-refractivity contribution in [2.75, 3.05) is 12.3 Å². The highest BCUT2D eigenvalue weighted by Crippen LogP contribution is 2.30. The number of imidazole rings is 1. The highest BCUT2D eigenvalue weighted by Gasteiger charge is 2.19. The largest absolute Gasteiger partial charge is 0.396 e. The summed E-state index contributed by atoms with van der Waals surface area (Å²) < 4.78 is 2.23. The molecule has 3 rings (SSSR count). The number of rotatable bonds is 6. The quantitative estimate of drug-likeness (QED) is 0.505. The van der Waals surface area contributed by atoms with Crippen LogP contribution in [0.2, 0.25) is 0 Å². The number of hydrogen-bond acceptors (Lipinski definition) is 5. The zero-order chi connectivity index (χ0) is 16.2. The Morgan fingerprint density at radius 2 is 2.13 bits per heavy atom. The van der Waals surface area contributed by atoms with E-state index in [9.17, 15) is 0 Å². The van der Waals surface area contributed by atoms with Crippen LogP contribution in [-0.4, -0.2) is 26.9 Å². The van der Waals surface area contributed by atoms with E-state index in [4.69, 9.17) is 10.6 Å². The molecule has 2 aromatic heterocycles. The number of pyridine rings is 1. The number of nitrogen functional groups attached to an aromatic ring is 1. The summed E-state index contributed by atoms with van der Waals surface area (Å²) in [6.45, 7) is 5.43. The molecular weight excluding hydrogens is 290 g/mol. The molecule has 0 fully saturated rings. The molecule has 0 unspecified atom stereocenters. The summed E-state index contributed by atoms with van der Waals surface area (Å²) in [7, 11) is 0. The van der Waals surface area contributed by atoms with Crippen molar-refractivity contribution in [3.05, 3.63) is 17.6 Å². The fourth-order valence-corrected chi connectivity index (χ4v) is 3.15. The highest BCUT2D eigenvalue weighted by atomic mass is 16.6. The molecule has 0 radical (unpaired) electrons. The van der Waals surface area contributed by atoms with Gasteiger partial charge in [-0.1, -0.05) is 5.16 Å². The summed E-state index contributed by atoms with van der Waals surface area (Å²) in [6.07, 6.45) is 8.43. The first kappa shape index (κ1) is 15.8. The minimum Gasteiger partial charge on any atom is -0.396 e. The van der Waals surface area contributed by atoms with Gasteiger partial charge in [0.1, 0.15) is 12.1 Å². The van der Waals surface area contributed by atoms with Gasteiger partial charge < -0.3 is 15.1 Å². The van der Waals surface area contributed by atoms with Gasteiger partial charge in [-0.25, -0.2) is 9.97 Å². The highest BCUT2D eigenvalue weighted by molar-refractivity contribution is 5.88. The first-order chi connectivity index (χ1) is 11.2. The maximum atomic E-state index is 6.09. The molecule has 0 aromatic carbocycles. The molecule has 6 heteroatoms. The third-order valence-electron chi connectivity index (χ3n) is 4.19. The Bertz CT molecular complexity index is 715. The Morgan fingerprint density at radius 1 is 1.30 bits per heavy atom. The smallest absolute Gasteiger partial charge is 0.151 e. The minimum absolute atomic E-state index is 0.565. The van der Waals surface area contributed by atoms with Gasteiger partial charge in [0.05, 0.1) is 17.6 Å². The summed E-state index contributed by atoms with van der Waals surface area (Å²) in [4.78, 5) is 14.3. The topological polar surface area (TPSA) is 78.3 Å². The van der Waals surface area contributed by atoms with E-state index < -0.39 is 0 Å². The van der Waals surface area contributed by atoms with Crippen molar-refractivity contribution in [1.82, 2.24) is 14.5 Å². The maximum absolute atomic E-state index is 6.09. The summed E-state index contributed by atoms with van der Waals surface area (Å²) in [5.74, 6) is 0.565. The van der Waals surface area contributed by atoms with Crippen LogP contribution in [0.3, 0.4) is 0 Å². The summed E-state index contributed by atoms with van der Waals surface area (Å²) in [6, 6.07) is 0. The van der Waals surface area contributed by atoms with Crippen LogP contribution in [0.25, 0.3) is 11.0 Å². The van der Waals surface area contributed by atoms with Crippen LogP contribution < -0.4 is 5.73 Å². The first-order valence-electron chi connectivity index (χ1n) is 8.42. The lowest BCUT2D eigenvalue weighted by Crippen LogP contribution is -2.10. The monoisotopic (exact) mass is 315 g/mol. The van der Waals surface area contributed by atoms with E-state index in [0.29, 0.717) is 12.4 Å². The Morgan fingerprint density at radius 3 is 2.96 bits per heavy atom. The Kier molecular flexibility index (Phi) is 4.79. The average Bonchev–Trinajstić information content (AvgIpc) is 2.95. The molecule has 6 nitrogen and oxygen atoms in total. The van der Waals surface area contributed by atoms with Crippen molar-refractivity contribution < 1.29 is 4.84 Å². The van der Waals surface area contributed by atoms with Crippen LogP contribution in [0.1, 0.15) is 50.8 Å². The van der Waals surface area contributed by atoms with E-state index in [-0.39, 0.29) is 0 Å². The summed E-state index contributed by atoms with van der Waals surface area (Å²) in [5.41, 5.74) is 11.6. The molecule has 124 valence electrons. The lowest BCUT2D eigenvalue weighted by molar-refractivity contribution is 0.139. The van der Waals surface area contributed by atoms with Crippen molar-refractivity contribution in [2.45, 2.75) is 58.9 Å². The van der Waals surface area contributed by atoms with Gasteiger partial charge in [-0.05, 0) is 57.9 Å². The lowest BCUT2D eigenvalue weighted by atomic mass is 9.95. The molecule has 0 saturated heterocycles. The Hall–Kier alpha value is -2.11. The molecule has 0 saturated carbocycles. The fraction of sp³-hybridized carbons (Fsp3) is 0.588. The summed E-state index contributed by atoms with van der Waals surface area (Å²) in [5, 5.41) is 3.95. The van der Waals surface area contributed by atoms with Crippen molar-refractivity contribution in [2.24, 2.45) is 5.16 Å². The van der Waals surface area contributed by atoms with Gasteiger partial charge >= 0.3 is 0 Å².